The summed E-state index contributed by atoms with van der Waals surface area (Å²) < 4.78 is 0. The van der Waals surface area contributed by atoms with Crippen LogP contribution in [0.5, 0.6) is 0 Å². The van der Waals surface area contributed by atoms with Crippen LogP contribution in [0.4, 0.5) is 23.0 Å². The molecule has 1 fully saturated rings. The third-order valence-corrected chi connectivity index (χ3v) is 6.52. The normalized spacial score (nSPS) is 13.6. The van der Waals surface area contributed by atoms with E-state index in [1.807, 2.05) is 49.4 Å². The summed E-state index contributed by atoms with van der Waals surface area (Å²) in [6, 6.07) is 15.3. The fraction of sp³-hybridized carbons (Fsp3) is 0.345. The molecule has 5 rings (SSSR count). The molecule has 0 spiro atoms. The van der Waals surface area contributed by atoms with Crippen LogP contribution in [-0.4, -0.2) is 38.9 Å². The predicted molar refractivity (Wildman–Crippen MR) is 149 cm³/mol. The summed E-state index contributed by atoms with van der Waals surface area (Å²) >= 11 is 0. The summed E-state index contributed by atoms with van der Waals surface area (Å²) in [5, 5.41) is 14.1. The van der Waals surface area contributed by atoms with Crippen molar-refractivity contribution in [1.29, 1.82) is 0 Å². The van der Waals surface area contributed by atoms with Crippen LogP contribution in [0.25, 0.3) is 0 Å². The van der Waals surface area contributed by atoms with Gasteiger partial charge in [0.2, 0.25) is 11.8 Å². The lowest BCUT2D eigenvalue weighted by atomic mass is 10.1. The minimum atomic E-state index is -0.359. The molecule has 4 N–H and O–H groups in total. The fourth-order valence-electron chi connectivity index (χ4n) is 4.33. The SMILES string of the molecule is Cc1ccnc2c1NC(=O)c1cccnc1N2C1CC1.O=C(CCCCCCC(=O)Nc1ccccc1)NO. The van der Waals surface area contributed by atoms with Gasteiger partial charge in [-0.1, -0.05) is 31.0 Å². The van der Waals surface area contributed by atoms with Crippen LogP contribution in [-0.2, 0) is 9.59 Å². The lowest BCUT2D eigenvalue weighted by Gasteiger charge is -2.23. The summed E-state index contributed by atoms with van der Waals surface area (Å²) in [4.78, 5) is 45.7. The second-order valence-electron chi connectivity index (χ2n) is 9.62. The van der Waals surface area contributed by atoms with Gasteiger partial charge in [0.25, 0.3) is 5.91 Å². The van der Waals surface area contributed by atoms with Crippen molar-refractivity contribution in [2.45, 2.75) is 64.3 Å². The third kappa shape index (κ3) is 7.61. The molecular formula is C29H34N6O4. The zero-order valence-corrected chi connectivity index (χ0v) is 22.0. The van der Waals surface area contributed by atoms with Gasteiger partial charge in [-0.3, -0.25) is 19.6 Å². The first-order valence-corrected chi connectivity index (χ1v) is 13.3. The Hall–Kier alpha value is -4.31. The van der Waals surface area contributed by atoms with E-state index in [2.05, 4.69) is 25.5 Å². The first-order chi connectivity index (χ1) is 19.0. The number of benzene rings is 1. The predicted octanol–water partition coefficient (Wildman–Crippen LogP) is 5.12. The number of carbonyl (C=O) groups is 3. The number of anilines is 4. The van der Waals surface area contributed by atoms with Crippen molar-refractivity contribution in [2.24, 2.45) is 0 Å². The molecule has 10 nitrogen and oxygen atoms in total. The average molecular weight is 531 g/mol. The van der Waals surface area contributed by atoms with Crippen LogP contribution >= 0.6 is 0 Å². The monoisotopic (exact) mass is 530 g/mol. The first kappa shape index (κ1) is 27.7. The molecule has 3 heterocycles. The van der Waals surface area contributed by atoms with E-state index in [0.29, 0.717) is 30.3 Å². The molecule has 1 aromatic carbocycles. The van der Waals surface area contributed by atoms with Crippen molar-refractivity contribution in [2.75, 3.05) is 15.5 Å². The van der Waals surface area contributed by atoms with Gasteiger partial charge in [-0.2, -0.15) is 0 Å². The highest BCUT2D eigenvalue weighted by Gasteiger charge is 2.37. The maximum Gasteiger partial charge on any atom is 0.259 e. The molecule has 1 aliphatic heterocycles. The first-order valence-electron chi connectivity index (χ1n) is 13.3. The van der Waals surface area contributed by atoms with Crippen LogP contribution < -0.4 is 21.0 Å². The molecule has 10 heteroatoms. The topological polar surface area (TPSA) is 137 Å². The lowest BCUT2D eigenvalue weighted by Crippen LogP contribution is -2.22. The Morgan fingerprint density at radius 3 is 2.31 bits per heavy atom. The molecule has 3 amide bonds. The molecule has 0 bridgehead atoms. The molecule has 0 radical (unpaired) electrons. The number of para-hydroxylation sites is 1. The van der Waals surface area contributed by atoms with Gasteiger partial charge in [0, 0.05) is 37.0 Å². The number of aromatic nitrogens is 2. The maximum atomic E-state index is 12.4. The van der Waals surface area contributed by atoms with Gasteiger partial charge >= 0.3 is 0 Å². The summed E-state index contributed by atoms with van der Waals surface area (Å²) in [6.45, 7) is 1.98. The van der Waals surface area contributed by atoms with E-state index >= 15 is 0 Å². The van der Waals surface area contributed by atoms with Crippen molar-refractivity contribution in [1.82, 2.24) is 15.4 Å². The smallest absolute Gasteiger partial charge is 0.259 e. The molecule has 2 aromatic heterocycles. The summed E-state index contributed by atoms with van der Waals surface area (Å²) in [5.41, 5.74) is 4.83. The second kappa shape index (κ2) is 13.5. The number of amides is 3. The number of carbonyl (C=O) groups excluding carboxylic acids is 3. The molecule has 0 saturated heterocycles. The van der Waals surface area contributed by atoms with Crippen molar-refractivity contribution in [3.63, 3.8) is 0 Å². The van der Waals surface area contributed by atoms with Gasteiger partial charge in [-0.05, 0) is 68.5 Å². The molecule has 204 valence electrons. The summed E-state index contributed by atoms with van der Waals surface area (Å²) in [6.07, 6.45) is 9.86. The summed E-state index contributed by atoms with van der Waals surface area (Å²) in [7, 11) is 0. The van der Waals surface area contributed by atoms with E-state index in [1.165, 1.54) is 0 Å². The van der Waals surface area contributed by atoms with E-state index in [0.717, 1.165) is 61.3 Å². The number of unbranched alkanes of at least 4 members (excludes halogenated alkanes) is 3. The third-order valence-electron chi connectivity index (χ3n) is 6.52. The van der Waals surface area contributed by atoms with Gasteiger partial charge in [0.05, 0.1) is 11.3 Å². The largest absolute Gasteiger partial charge is 0.326 e. The Morgan fingerprint density at radius 2 is 1.62 bits per heavy atom. The van der Waals surface area contributed by atoms with Gasteiger partial charge in [0.15, 0.2) is 5.82 Å². The number of hydroxylamine groups is 1. The molecule has 3 aromatic rings. The van der Waals surface area contributed by atoms with Gasteiger partial charge in [0.1, 0.15) is 5.82 Å². The average Bonchev–Trinajstić information content (AvgIpc) is 3.79. The zero-order chi connectivity index (χ0) is 27.6. The van der Waals surface area contributed by atoms with Crippen molar-refractivity contribution in [3.8, 4) is 0 Å². The van der Waals surface area contributed by atoms with Crippen molar-refractivity contribution >= 4 is 40.7 Å². The number of pyridine rings is 2. The second-order valence-corrected chi connectivity index (χ2v) is 9.62. The highest BCUT2D eigenvalue weighted by atomic mass is 16.5. The number of rotatable bonds is 9. The Balaban J connectivity index is 0.000000181. The Bertz CT molecular complexity index is 1300. The molecule has 0 unspecified atom stereocenters. The zero-order valence-electron chi connectivity index (χ0n) is 22.0. The number of nitrogens with one attached hydrogen (secondary N) is 3. The van der Waals surface area contributed by atoms with Gasteiger partial charge in [-0.15, -0.1) is 0 Å². The number of hydrogen-bond acceptors (Lipinski definition) is 7. The van der Waals surface area contributed by atoms with Crippen LogP contribution in [0, 0.1) is 6.92 Å². The maximum absolute atomic E-state index is 12.4. The minimum absolute atomic E-state index is 0.0132. The standard InChI is InChI=1S/C15H14N4O.C14H20N2O3/c1-9-6-8-17-14-12(9)18-15(20)11-3-2-7-16-13(11)19(14)10-4-5-10;17-13(15-12-8-4-3-5-9-12)10-6-1-2-7-11-14(18)16-19/h2-3,6-8,10H,4-5H2,1H3,(H,18,20);3-5,8-9,19H,1-2,6-7,10-11H2,(H,15,17)(H,16,18). The van der Waals surface area contributed by atoms with Gasteiger partial charge in [-0.25, -0.2) is 15.4 Å². The minimum Gasteiger partial charge on any atom is -0.326 e. The fourth-order valence-corrected chi connectivity index (χ4v) is 4.33. The van der Waals surface area contributed by atoms with E-state index in [4.69, 9.17) is 5.21 Å². The molecule has 1 aliphatic carbocycles. The van der Waals surface area contributed by atoms with Crippen molar-refractivity contribution < 1.29 is 19.6 Å². The molecular weight excluding hydrogens is 496 g/mol. The Labute approximate surface area is 227 Å². The Kier molecular flexibility index (Phi) is 9.58. The van der Waals surface area contributed by atoms with E-state index in [9.17, 15) is 14.4 Å². The van der Waals surface area contributed by atoms with Crippen LogP contribution in [0.2, 0.25) is 0 Å². The molecule has 1 saturated carbocycles. The van der Waals surface area contributed by atoms with Crippen LogP contribution in [0.15, 0.2) is 60.9 Å². The van der Waals surface area contributed by atoms with Crippen LogP contribution in [0.3, 0.4) is 0 Å². The Morgan fingerprint density at radius 1 is 0.923 bits per heavy atom. The van der Waals surface area contributed by atoms with E-state index < -0.39 is 0 Å². The van der Waals surface area contributed by atoms with E-state index in [-0.39, 0.29) is 17.7 Å². The molecule has 0 atom stereocenters. The highest BCUT2D eigenvalue weighted by molar-refractivity contribution is 6.11. The number of fused-ring (bicyclic) bond motifs is 2. The molecule has 2 aliphatic rings. The van der Waals surface area contributed by atoms with Gasteiger partial charge < -0.3 is 15.5 Å². The number of nitrogens with zero attached hydrogens (tertiary/aromatic N) is 3. The van der Waals surface area contributed by atoms with E-state index in [1.54, 1.807) is 23.9 Å². The summed E-state index contributed by atoms with van der Waals surface area (Å²) in [5.74, 6) is 1.05. The van der Waals surface area contributed by atoms with Crippen molar-refractivity contribution in [3.05, 3.63) is 72.1 Å². The van der Waals surface area contributed by atoms with Crippen LogP contribution in [0.1, 0.15) is 67.3 Å². The lowest BCUT2D eigenvalue weighted by molar-refractivity contribution is -0.129. The number of hydrogen-bond donors (Lipinski definition) is 4. The quantitative estimate of drug-likeness (QED) is 0.171. The highest BCUT2D eigenvalue weighted by Crippen LogP contribution is 2.43. The molecule has 39 heavy (non-hydrogen) atoms. The number of aryl methyl sites for hydroxylation is 1.